The molecule has 7 nitrogen and oxygen atoms in total. The fraction of sp³-hybridized carbons (Fsp3) is 0.267. The van der Waals surface area contributed by atoms with Crippen LogP contribution in [0.25, 0.3) is 0 Å². The van der Waals surface area contributed by atoms with Crippen molar-refractivity contribution >= 4 is 12.1 Å². The number of oxazole rings is 1. The van der Waals surface area contributed by atoms with Crippen LogP contribution in [0.2, 0.25) is 0 Å². The quantitative estimate of drug-likeness (QED) is 0.628. The van der Waals surface area contributed by atoms with Crippen LogP contribution in [0.1, 0.15) is 31.0 Å². The van der Waals surface area contributed by atoms with Crippen LogP contribution >= 0.6 is 0 Å². The Labute approximate surface area is 127 Å². The van der Waals surface area contributed by atoms with E-state index in [9.17, 15) is 5.11 Å². The summed E-state index contributed by atoms with van der Waals surface area (Å²) in [6.07, 6.45) is 2.12. The lowest BCUT2D eigenvalue weighted by Gasteiger charge is -2.05. The number of nitrogens with zero attached hydrogens (tertiary/aromatic N) is 3. The number of phenolic OH excluding ortho intramolecular Hbond substituents is 1. The summed E-state index contributed by atoms with van der Waals surface area (Å²) in [5.74, 6) is 1.13. The first-order valence-corrected chi connectivity index (χ1v) is 6.82. The van der Waals surface area contributed by atoms with E-state index in [4.69, 9.17) is 14.4 Å². The van der Waals surface area contributed by atoms with Crippen LogP contribution in [0.3, 0.4) is 0 Å². The number of benzene rings is 1. The van der Waals surface area contributed by atoms with Gasteiger partial charge in [-0.1, -0.05) is 6.92 Å². The Morgan fingerprint density at radius 2 is 2.32 bits per heavy atom. The molecule has 1 aromatic heterocycles. The van der Waals surface area contributed by atoms with E-state index in [2.05, 4.69) is 15.5 Å². The summed E-state index contributed by atoms with van der Waals surface area (Å²) in [6, 6.07) is 6.81. The van der Waals surface area contributed by atoms with E-state index >= 15 is 0 Å². The fourth-order valence-corrected chi connectivity index (χ4v) is 1.71. The fourth-order valence-electron chi connectivity index (χ4n) is 1.71. The molecule has 0 aliphatic rings. The lowest BCUT2D eigenvalue weighted by molar-refractivity contribution is 0.318. The number of phenols is 1. The summed E-state index contributed by atoms with van der Waals surface area (Å²) in [6.45, 7) is 4.17. The Balaban J connectivity index is 2.11. The summed E-state index contributed by atoms with van der Waals surface area (Å²) in [7, 11) is 0. The van der Waals surface area contributed by atoms with E-state index in [0.29, 0.717) is 24.7 Å². The second-order valence-corrected chi connectivity index (χ2v) is 4.28. The van der Waals surface area contributed by atoms with E-state index in [0.717, 1.165) is 5.56 Å². The van der Waals surface area contributed by atoms with Gasteiger partial charge < -0.3 is 14.3 Å². The van der Waals surface area contributed by atoms with E-state index in [1.165, 1.54) is 12.3 Å². The van der Waals surface area contributed by atoms with Gasteiger partial charge in [0.25, 0.3) is 5.88 Å². The van der Waals surface area contributed by atoms with Crippen molar-refractivity contribution in [2.45, 2.75) is 20.3 Å². The number of ether oxygens (including phenoxy) is 1. The normalized spacial score (nSPS) is 10.6. The maximum atomic E-state index is 9.62. The summed E-state index contributed by atoms with van der Waals surface area (Å²) in [4.78, 5) is 4.01. The SMILES string of the molecule is CCOc1cc(/C=N/Nc2oc(CC)nc2C#N)ccc1O. The molecule has 0 saturated carbocycles. The Hall–Kier alpha value is -3.01. The molecule has 22 heavy (non-hydrogen) atoms. The molecule has 7 heteroatoms. The summed E-state index contributed by atoms with van der Waals surface area (Å²) < 4.78 is 10.6. The van der Waals surface area contributed by atoms with Crippen molar-refractivity contribution in [2.75, 3.05) is 12.0 Å². The van der Waals surface area contributed by atoms with Crippen LogP contribution in [0.15, 0.2) is 27.7 Å². The highest BCUT2D eigenvalue weighted by Gasteiger charge is 2.10. The van der Waals surface area contributed by atoms with E-state index in [1.54, 1.807) is 12.1 Å². The predicted molar refractivity (Wildman–Crippen MR) is 81.1 cm³/mol. The van der Waals surface area contributed by atoms with Crippen LogP contribution in [0, 0.1) is 11.3 Å². The lowest BCUT2D eigenvalue weighted by atomic mass is 10.2. The highest BCUT2D eigenvalue weighted by Crippen LogP contribution is 2.26. The number of hydrogen-bond donors (Lipinski definition) is 2. The van der Waals surface area contributed by atoms with Gasteiger partial charge in [-0.25, -0.2) is 10.4 Å². The molecule has 0 aliphatic carbocycles. The number of aromatic hydroxyl groups is 1. The Kier molecular flexibility index (Phi) is 4.98. The van der Waals surface area contributed by atoms with Gasteiger partial charge in [-0.3, -0.25) is 0 Å². The second-order valence-electron chi connectivity index (χ2n) is 4.28. The maximum Gasteiger partial charge on any atom is 0.252 e. The molecule has 0 spiro atoms. The number of anilines is 1. The molecule has 0 atom stereocenters. The highest BCUT2D eigenvalue weighted by molar-refractivity contribution is 5.81. The lowest BCUT2D eigenvalue weighted by Crippen LogP contribution is -1.94. The van der Waals surface area contributed by atoms with Crippen molar-refractivity contribution in [1.29, 1.82) is 5.26 Å². The molecular weight excluding hydrogens is 284 g/mol. The Bertz CT molecular complexity index is 716. The van der Waals surface area contributed by atoms with Gasteiger partial charge in [-0.05, 0) is 30.7 Å². The first-order valence-electron chi connectivity index (χ1n) is 6.82. The van der Waals surface area contributed by atoms with Gasteiger partial charge in [-0.15, -0.1) is 0 Å². The molecule has 2 aromatic rings. The maximum absolute atomic E-state index is 9.62. The van der Waals surface area contributed by atoms with Crippen molar-refractivity contribution in [3.63, 3.8) is 0 Å². The number of rotatable bonds is 6. The van der Waals surface area contributed by atoms with Gasteiger partial charge in [-0.2, -0.15) is 10.4 Å². The Morgan fingerprint density at radius 1 is 1.50 bits per heavy atom. The molecule has 0 aliphatic heterocycles. The molecule has 0 saturated heterocycles. The van der Waals surface area contributed by atoms with Crippen LogP contribution < -0.4 is 10.2 Å². The number of aromatic nitrogens is 1. The minimum Gasteiger partial charge on any atom is -0.504 e. The number of aryl methyl sites for hydroxylation is 1. The standard InChI is InChI=1S/C15H16N4O3/c1-3-14-18-11(8-16)15(22-14)19-17-9-10-5-6-12(20)13(7-10)21-4-2/h5-7,9,19-20H,3-4H2,1-2H3/b17-9+. The molecule has 114 valence electrons. The molecule has 1 aromatic carbocycles. The van der Waals surface area contributed by atoms with Crippen molar-refractivity contribution in [3.8, 4) is 17.6 Å². The monoisotopic (exact) mass is 300 g/mol. The van der Waals surface area contributed by atoms with E-state index in [1.807, 2.05) is 19.9 Å². The zero-order valence-corrected chi connectivity index (χ0v) is 12.3. The van der Waals surface area contributed by atoms with Crippen LogP contribution in [0.4, 0.5) is 5.88 Å². The molecule has 0 amide bonds. The first-order chi connectivity index (χ1) is 10.7. The zero-order chi connectivity index (χ0) is 15.9. The third-order valence-electron chi connectivity index (χ3n) is 2.74. The molecule has 0 bridgehead atoms. The van der Waals surface area contributed by atoms with Crippen molar-refractivity contribution in [1.82, 2.24) is 4.98 Å². The molecular formula is C15H16N4O3. The topological polar surface area (TPSA) is 104 Å². The van der Waals surface area contributed by atoms with Gasteiger partial charge in [0.15, 0.2) is 17.4 Å². The summed E-state index contributed by atoms with van der Waals surface area (Å²) >= 11 is 0. The average molecular weight is 300 g/mol. The summed E-state index contributed by atoms with van der Waals surface area (Å²) in [5.41, 5.74) is 3.53. The highest BCUT2D eigenvalue weighted by atomic mass is 16.5. The predicted octanol–water partition coefficient (Wildman–Crippen LogP) is 2.66. The minimum absolute atomic E-state index is 0.0709. The number of nitriles is 1. The van der Waals surface area contributed by atoms with Crippen LogP contribution in [-0.2, 0) is 6.42 Å². The third kappa shape index (κ3) is 3.55. The molecule has 1 heterocycles. The van der Waals surface area contributed by atoms with Crippen molar-refractivity contribution in [2.24, 2.45) is 5.10 Å². The molecule has 0 radical (unpaired) electrons. The first kappa shape index (κ1) is 15.4. The van der Waals surface area contributed by atoms with Crippen molar-refractivity contribution in [3.05, 3.63) is 35.3 Å². The minimum atomic E-state index is 0.0709. The molecule has 0 unspecified atom stereocenters. The van der Waals surface area contributed by atoms with Crippen LogP contribution in [0.5, 0.6) is 11.5 Å². The molecule has 2 N–H and O–H groups in total. The number of nitrogens with one attached hydrogen (secondary N) is 1. The molecule has 0 fully saturated rings. The van der Waals surface area contributed by atoms with Crippen molar-refractivity contribution < 1.29 is 14.3 Å². The van der Waals surface area contributed by atoms with Crippen LogP contribution in [-0.4, -0.2) is 22.9 Å². The third-order valence-corrected chi connectivity index (χ3v) is 2.74. The summed E-state index contributed by atoms with van der Waals surface area (Å²) in [5, 5.41) is 22.6. The largest absolute Gasteiger partial charge is 0.504 e. The van der Waals surface area contributed by atoms with Gasteiger partial charge in [0.05, 0.1) is 12.8 Å². The van der Waals surface area contributed by atoms with Gasteiger partial charge in [0, 0.05) is 6.42 Å². The number of hydrogen-bond acceptors (Lipinski definition) is 7. The van der Waals surface area contributed by atoms with Gasteiger partial charge >= 0.3 is 0 Å². The average Bonchev–Trinajstić information content (AvgIpc) is 2.93. The zero-order valence-electron chi connectivity index (χ0n) is 12.3. The Morgan fingerprint density at radius 3 is 3.00 bits per heavy atom. The van der Waals surface area contributed by atoms with E-state index < -0.39 is 0 Å². The molecule has 2 rings (SSSR count). The van der Waals surface area contributed by atoms with Gasteiger partial charge in [0.1, 0.15) is 6.07 Å². The smallest absolute Gasteiger partial charge is 0.252 e. The van der Waals surface area contributed by atoms with E-state index in [-0.39, 0.29) is 17.3 Å². The van der Waals surface area contributed by atoms with Gasteiger partial charge in [0.2, 0.25) is 5.69 Å². The number of hydrazone groups is 1. The second kappa shape index (κ2) is 7.13.